The van der Waals surface area contributed by atoms with Crippen molar-refractivity contribution in [3.05, 3.63) is 12.0 Å². The zero-order valence-electron chi connectivity index (χ0n) is 6.84. The van der Waals surface area contributed by atoms with Crippen molar-refractivity contribution in [2.24, 2.45) is 12.0 Å². The number of imidazole rings is 1. The molecule has 0 atom stereocenters. The first-order valence-electron chi connectivity index (χ1n) is 3.39. The van der Waals surface area contributed by atoms with Crippen LogP contribution < -0.4 is 0 Å². The summed E-state index contributed by atoms with van der Waals surface area (Å²) < 4.78 is 11.2. The summed E-state index contributed by atoms with van der Waals surface area (Å²) >= 11 is 0. The van der Waals surface area contributed by atoms with Gasteiger partial charge in [-0.05, 0) is 0 Å². The van der Waals surface area contributed by atoms with Gasteiger partial charge in [0.25, 0.3) is 0 Å². The first-order valence-corrected chi connectivity index (χ1v) is 3.39. The second-order valence-electron chi connectivity index (χ2n) is 2.25. The molecule has 0 bridgehead atoms. The molecule has 0 aliphatic rings. The molecule has 1 N–H and O–H groups in total. The number of aryl methyl sites for hydroxylation is 1. The Morgan fingerprint density at radius 1 is 1.85 bits per heavy atom. The quantitative estimate of drug-likeness (QED) is 0.515. The van der Waals surface area contributed by atoms with E-state index >= 15 is 0 Å². The van der Waals surface area contributed by atoms with E-state index in [1.165, 1.54) is 17.8 Å². The van der Waals surface area contributed by atoms with Crippen LogP contribution in [0.5, 0.6) is 0 Å². The molecule has 0 aliphatic carbocycles. The summed E-state index contributed by atoms with van der Waals surface area (Å²) in [5.74, 6) is -1.04. The van der Waals surface area contributed by atoms with Crippen molar-refractivity contribution in [3.63, 3.8) is 0 Å². The minimum absolute atomic E-state index is 0.113. The van der Waals surface area contributed by atoms with E-state index in [0.717, 1.165) is 6.11 Å². The average Bonchev–Trinajstić information content (AvgIpc) is 2.43. The molecule has 13 heavy (non-hydrogen) atoms. The molecule has 66 valence electrons. The van der Waals surface area contributed by atoms with E-state index in [1.807, 2.05) is 0 Å². The number of aromatic nitrogens is 2. The molecule has 7 heteroatoms. The Morgan fingerprint density at radius 2 is 2.54 bits per heavy atom. The molecule has 1 heterocycles. The number of carbonyl (C=O) groups is 1. The normalized spacial score (nSPS) is 10.2. The van der Waals surface area contributed by atoms with Crippen LogP contribution in [0, 0.1) is 0 Å². The summed E-state index contributed by atoms with van der Waals surface area (Å²) in [6.07, 6.45) is 2.43. The van der Waals surface area contributed by atoms with Crippen molar-refractivity contribution in [3.8, 4) is 0 Å². The first kappa shape index (κ1) is 9.30. The van der Waals surface area contributed by atoms with Crippen LogP contribution >= 0.6 is 0 Å². The summed E-state index contributed by atoms with van der Waals surface area (Å²) in [4.78, 5) is 17.8. The molecule has 0 saturated heterocycles. The van der Waals surface area contributed by atoms with Gasteiger partial charge >= 0.3 is 73.3 Å². The third-order valence-corrected chi connectivity index (χ3v) is 1.32. The van der Waals surface area contributed by atoms with E-state index in [2.05, 4.69) is 9.98 Å². The molecule has 1 aromatic rings. The summed E-state index contributed by atoms with van der Waals surface area (Å²) in [7, 11) is 2.03. The molecular weight excluding hydrogens is 173 g/mol. The fourth-order valence-electron chi connectivity index (χ4n) is 0.818. The Labute approximate surface area is 74.2 Å². The zero-order valence-corrected chi connectivity index (χ0v) is 6.84. The molecule has 0 spiro atoms. The number of rotatable bonds is 3. The second kappa shape index (κ2) is 3.75. The standard InChI is InChI=1S/C6H6BN3O3/c1-10-2-4(8-3-7-13)9-5(10)6(11)12/h2-3H,1H3,(H,11,12). The van der Waals surface area contributed by atoms with Crippen molar-refractivity contribution in [2.45, 2.75) is 0 Å². The van der Waals surface area contributed by atoms with Crippen LogP contribution in [0.25, 0.3) is 0 Å². The van der Waals surface area contributed by atoms with Gasteiger partial charge in [0.1, 0.15) is 0 Å². The molecule has 0 amide bonds. The van der Waals surface area contributed by atoms with Gasteiger partial charge in [-0.3, -0.25) is 0 Å². The van der Waals surface area contributed by atoms with Gasteiger partial charge < -0.3 is 0 Å². The van der Waals surface area contributed by atoms with Crippen LogP contribution in [0.2, 0.25) is 0 Å². The van der Waals surface area contributed by atoms with E-state index in [1.54, 1.807) is 0 Å². The van der Waals surface area contributed by atoms with Crippen LogP contribution in [0.4, 0.5) is 5.82 Å². The Bertz CT molecular complexity index is 371. The van der Waals surface area contributed by atoms with E-state index in [4.69, 9.17) is 5.11 Å². The van der Waals surface area contributed by atoms with Gasteiger partial charge in [-0.15, -0.1) is 0 Å². The Hall–Kier alpha value is -1.79. The van der Waals surface area contributed by atoms with Gasteiger partial charge in [-0.25, -0.2) is 0 Å². The van der Waals surface area contributed by atoms with Crippen molar-refractivity contribution in [2.75, 3.05) is 0 Å². The molecule has 0 fully saturated rings. The van der Waals surface area contributed by atoms with E-state index in [0.29, 0.717) is 7.15 Å². The molecule has 0 radical (unpaired) electrons. The molecule has 0 saturated carbocycles. The maximum absolute atomic E-state index is 10.5. The van der Waals surface area contributed by atoms with Gasteiger partial charge in [0, 0.05) is 0 Å². The number of hydrogen-bond acceptors (Lipinski definition) is 4. The van der Waals surface area contributed by atoms with Gasteiger partial charge in [0.2, 0.25) is 0 Å². The third-order valence-electron chi connectivity index (χ3n) is 1.32. The van der Waals surface area contributed by atoms with Crippen LogP contribution in [-0.2, 0) is 11.8 Å². The Morgan fingerprint density at radius 3 is 3.00 bits per heavy atom. The predicted molar refractivity (Wildman–Crippen MR) is 44.8 cm³/mol. The maximum atomic E-state index is 10.5. The number of carboxylic acids is 1. The van der Waals surface area contributed by atoms with E-state index in [9.17, 15) is 9.50 Å². The molecule has 0 aliphatic heterocycles. The number of aliphatic imine (C=N–C) groups is 1. The van der Waals surface area contributed by atoms with Gasteiger partial charge in [0.05, 0.1) is 0 Å². The molecule has 6 nitrogen and oxygen atoms in total. The third kappa shape index (κ3) is 2.08. The van der Waals surface area contributed by atoms with Crippen molar-refractivity contribution < 1.29 is 14.6 Å². The number of nitrogens with zero attached hydrogens (tertiary/aromatic N) is 3. The molecule has 1 rings (SSSR count). The fourth-order valence-corrected chi connectivity index (χ4v) is 0.818. The van der Waals surface area contributed by atoms with Crippen LogP contribution in [0.15, 0.2) is 11.2 Å². The molecular formula is C6H6BN3O3. The van der Waals surface area contributed by atoms with Crippen molar-refractivity contribution >= 4 is 25.1 Å². The van der Waals surface area contributed by atoms with E-state index < -0.39 is 5.97 Å². The Balaban J connectivity index is 3.01. The summed E-state index contributed by atoms with van der Waals surface area (Å²) in [6, 6.07) is 0. The average molecular weight is 179 g/mol. The van der Waals surface area contributed by atoms with Crippen molar-refractivity contribution in [1.29, 1.82) is 0 Å². The summed E-state index contributed by atoms with van der Waals surface area (Å²) in [6.45, 7) is 0. The van der Waals surface area contributed by atoms with E-state index in [-0.39, 0.29) is 11.6 Å². The predicted octanol–water partition coefficient (Wildman–Crippen LogP) is -0.172. The SMILES string of the molecule is Cn1cc(N=CB=O)nc1C(=O)O. The van der Waals surface area contributed by atoms with Crippen LogP contribution in [0.1, 0.15) is 10.6 Å². The molecule has 0 unspecified atom stereocenters. The van der Waals surface area contributed by atoms with Crippen molar-refractivity contribution in [1.82, 2.24) is 9.55 Å². The number of carboxylic acid groups (broad SMARTS) is 1. The van der Waals surface area contributed by atoms with Gasteiger partial charge in [0.15, 0.2) is 0 Å². The summed E-state index contributed by atoms with van der Waals surface area (Å²) in [5.41, 5.74) is 0. The van der Waals surface area contributed by atoms with Crippen LogP contribution in [0.3, 0.4) is 0 Å². The van der Waals surface area contributed by atoms with Crippen LogP contribution in [-0.4, -0.2) is 33.9 Å². The monoisotopic (exact) mass is 179 g/mol. The molecule has 1 aromatic heterocycles. The minimum atomic E-state index is -1.13. The van der Waals surface area contributed by atoms with Gasteiger partial charge in [-0.2, -0.15) is 0 Å². The van der Waals surface area contributed by atoms with Gasteiger partial charge in [-0.1, -0.05) is 0 Å². The first-order chi connectivity index (χ1) is 6.15. The Kier molecular flexibility index (Phi) is 2.68. The fraction of sp³-hybridized carbons (Fsp3) is 0.167. The summed E-state index contributed by atoms with van der Waals surface area (Å²) in [5, 5.41) is 8.60. The number of aromatic carboxylic acids is 1. The molecule has 0 aromatic carbocycles. The topological polar surface area (TPSA) is 84.5 Å². The zero-order chi connectivity index (χ0) is 9.84. The second-order valence-corrected chi connectivity index (χ2v) is 2.25. The number of hydrogen-bond donors (Lipinski definition) is 1.